The summed E-state index contributed by atoms with van der Waals surface area (Å²) >= 11 is 0. The van der Waals surface area contributed by atoms with Crippen LogP contribution in [0.5, 0.6) is 0 Å². The molecule has 0 aromatic heterocycles. The highest BCUT2D eigenvalue weighted by Crippen LogP contribution is 2.11. The summed E-state index contributed by atoms with van der Waals surface area (Å²) in [7, 11) is 0. The summed E-state index contributed by atoms with van der Waals surface area (Å²) in [6.07, 6.45) is 6.07. The lowest BCUT2D eigenvalue weighted by Crippen LogP contribution is -2.38. The number of carbonyl (C=O) groups excluding carboxylic acids is 1. The van der Waals surface area contributed by atoms with Gasteiger partial charge in [-0.05, 0) is 26.3 Å². The predicted octanol–water partition coefficient (Wildman–Crippen LogP) is 1.16. The molecule has 1 aliphatic heterocycles. The van der Waals surface area contributed by atoms with Crippen molar-refractivity contribution in [3.8, 4) is 0 Å². The van der Waals surface area contributed by atoms with Gasteiger partial charge in [0.1, 0.15) is 0 Å². The van der Waals surface area contributed by atoms with Crippen molar-refractivity contribution < 1.29 is 4.79 Å². The van der Waals surface area contributed by atoms with Gasteiger partial charge in [-0.25, -0.2) is 0 Å². The van der Waals surface area contributed by atoms with E-state index in [0.717, 1.165) is 32.5 Å². The topological polar surface area (TPSA) is 32.3 Å². The van der Waals surface area contributed by atoms with E-state index in [1.54, 1.807) is 0 Å². The van der Waals surface area contributed by atoms with E-state index >= 15 is 0 Å². The number of hydrogen-bond donors (Lipinski definition) is 1. The summed E-state index contributed by atoms with van der Waals surface area (Å²) in [5.41, 5.74) is 0. The Morgan fingerprint density at radius 1 is 1.64 bits per heavy atom. The van der Waals surface area contributed by atoms with Gasteiger partial charge in [0.05, 0.1) is 6.04 Å². The molecule has 0 bridgehead atoms. The number of allylic oxidation sites excluding steroid dienone is 1. The maximum absolute atomic E-state index is 11.7. The first-order chi connectivity index (χ1) is 6.79. The minimum atomic E-state index is 0.0746. The lowest BCUT2D eigenvalue weighted by atomic mass is 10.2. The molecule has 14 heavy (non-hydrogen) atoms. The molecular formula is C11H20N2O. The van der Waals surface area contributed by atoms with E-state index in [1.807, 2.05) is 24.8 Å². The third-order valence-electron chi connectivity index (χ3n) is 2.55. The van der Waals surface area contributed by atoms with E-state index in [4.69, 9.17) is 0 Å². The quantitative estimate of drug-likeness (QED) is 0.669. The number of carbonyl (C=O) groups is 1. The molecule has 1 N–H and O–H groups in total. The van der Waals surface area contributed by atoms with E-state index in [2.05, 4.69) is 11.4 Å². The summed E-state index contributed by atoms with van der Waals surface area (Å²) in [5.74, 6) is 0.274. The summed E-state index contributed by atoms with van der Waals surface area (Å²) in [6, 6.07) is 0.0746. The van der Waals surface area contributed by atoms with Crippen molar-refractivity contribution >= 4 is 5.91 Å². The van der Waals surface area contributed by atoms with Crippen LogP contribution in [-0.2, 0) is 4.79 Å². The van der Waals surface area contributed by atoms with Crippen LogP contribution in [-0.4, -0.2) is 36.5 Å². The average Bonchev–Trinajstić information content (AvgIpc) is 2.51. The molecule has 1 amide bonds. The Balaban J connectivity index is 2.31. The van der Waals surface area contributed by atoms with Crippen LogP contribution < -0.4 is 5.32 Å². The van der Waals surface area contributed by atoms with Crippen molar-refractivity contribution in [1.82, 2.24) is 10.2 Å². The Kier molecular flexibility index (Phi) is 4.66. The predicted molar refractivity (Wildman–Crippen MR) is 58.1 cm³/mol. The van der Waals surface area contributed by atoms with Gasteiger partial charge in [0, 0.05) is 13.1 Å². The molecule has 1 saturated heterocycles. The van der Waals surface area contributed by atoms with Gasteiger partial charge >= 0.3 is 0 Å². The lowest BCUT2D eigenvalue weighted by molar-refractivity contribution is -0.129. The normalized spacial score (nSPS) is 22.6. The van der Waals surface area contributed by atoms with Gasteiger partial charge in [-0.1, -0.05) is 19.1 Å². The van der Waals surface area contributed by atoms with Gasteiger partial charge in [-0.3, -0.25) is 4.79 Å². The zero-order valence-corrected chi connectivity index (χ0v) is 9.12. The standard InChI is InChI=1S/C11H20N2O/c1-3-5-6-8-13-9-7-10(11(13)14)12-4-2/h3,5,10,12H,4,6-9H2,1-2H3/b5-3+. The van der Waals surface area contributed by atoms with E-state index in [1.165, 1.54) is 0 Å². The number of amides is 1. The molecule has 1 aliphatic rings. The fourth-order valence-electron chi connectivity index (χ4n) is 1.79. The highest BCUT2D eigenvalue weighted by molar-refractivity contribution is 5.83. The average molecular weight is 196 g/mol. The summed E-state index contributed by atoms with van der Waals surface area (Å²) in [4.78, 5) is 13.7. The first-order valence-electron chi connectivity index (χ1n) is 5.43. The van der Waals surface area contributed by atoms with E-state index < -0.39 is 0 Å². The van der Waals surface area contributed by atoms with Gasteiger partial charge in [-0.15, -0.1) is 0 Å². The summed E-state index contributed by atoms with van der Waals surface area (Å²) in [6.45, 7) is 6.70. The minimum absolute atomic E-state index is 0.0746. The number of likely N-dealkylation sites (N-methyl/N-ethyl adjacent to an activating group) is 1. The van der Waals surface area contributed by atoms with Crippen molar-refractivity contribution in [1.29, 1.82) is 0 Å². The highest BCUT2D eigenvalue weighted by Gasteiger charge is 2.29. The van der Waals surface area contributed by atoms with Crippen LogP contribution in [0, 0.1) is 0 Å². The SMILES string of the molecule is C/C=C/CCN1CCC(NCC)C1=O. The molecule has 0 aromatic carbocycles. The molecule has 0 spiro atoms. The molecule has 1 atom stereocenters. The number of hydrogen-bond acceptors (Lipinski definition) is 2. The van der Waals surface area contributed by atoms with Gasteiger partial charge in [0.2, 0.25) is 5.91 Å². The van der Waals surface area contributed by atoms with Crippen molar-refractivity contribution in [2.24, 2.45) is 0 Å². The van der Waals surface area contributed by atoms with Gasteiger partial charge in [0.25, 0.3) is 0 Å². The maximum Gasteiger partial charge on any atom is 0.239 e. The molecule has 0 radical (unpaired) electrons. The third-order valence-corrected chi connectivity index (χ3v) is 2.55. The Bertz CT molecular complexity index is 213. The summed E-state index contributed by atoms with van der Waals surface area (Å²) in [5, 5.41) is 3.21. The molecule has 1 unspecified atom stereocenters. The Labute approximate surface area is 86.2 Å². The zero-order valence-electron chi connectivity index (χ0n) is 9.12. The van der Waals surface area contributed by atoms with Gasteiger partial charge in [0.15, 0.2) is 0 Å². The van der Waals surface area contributed by atoms with E-state index in [9.17, 15) is 4.79 Å². The van der Waals surface area contributed by atoms with Crippen LogP contribution in [0.15, 0.2) is 12.2 Å². The second-order valence-electron chi connectivity index (χ2n) is 3.58. The lowest BCUT2D eigenvalue weighted by Gasteiger charge is -2.15. The zero-order chi connectivity index (χ0) is 10.4. The second kappa shape index (κ2) is 5.81. The van der Waals surface area contributed by atoms with Crippen molar-refractivity contribution in [2.45, 2.75) is 32.7 Å². The molecule has 3 nitrogen and oxygen atoms in total. The molecule has 0 aliphatic carbocycles. The molecule has 1 rings (SSSR count). The Morgan fingerprint density at radius 2 is 2.43 bits per heavy atom. The van der Waals surface area contributed by atoms with E-state index in [-0.39, 0.29) is 11.9 Å². The fraction of sp³-hybridized carbons (Fsp3) is 0.727. The first-order valence-corrected chi connectivity index (χ1v) is 5.43. The molecule has 80 valence electrons. The van der Waals surface area contributed by atoms with Crippen LogP contribution in [0.4, 0.5) is 0 Å². The van der Waals surface area contributed by atoms with Crippen LogP contribution in [0.2, 0.25) is 0 Å². The summed E-state index contributed by atoms with van der Waals surface area (Å²) < 4.78 is 0. The largest absolute Gasteiger partial charge is 0.341 e. The smallest absolute Gasteiger partial charge is 0.239 e. The van der Waals surface area contributed by atoms with E-state index in [0.29, 0.717) is 0 Å². The molecule has 1 heterocycles. The molecule has 1 fully saturated rings. The number of nitrogens with zero attached hydrogens (tertiary/aromatic N) is 1. The Hall–Kier alpha value is -0.830. The van der Waals surface area contributed by atoms with Gasteiger partial charge < -0.3 is 10.2 Å². The maximum atomic E-state index is 11.7. The van der Waals surface area contributed by atoms with Crippen LogP contribution >= 0.6 is 0 Å². The minimum Gasteiger partial charge on any atom is -0.341 e. The van der Waals surface area contributed by atoms with Crippen molar-refractivity contribution in [3.63, 3.8) is 0 Å². The van der Waals surface area contributed by atoms with Gasteiger partial charge in [-0.2, -0.15) is 0 Å². The number of rotatable bonds is 5. The highest BCUT2D eigenvalue weighted by atomic mass is 16.2. The Morgan fingerprint density at radius 3 is 3.07 bits per heavy atom. The second-order valence-corrected chi connectivity index (χ2v) is 3.58. The van der Waals surface area contributed by atoms with Crippen LogP contribution in [0.25, 0.3) is 0 Å². The van der Waals surface area contributed by atoms with Crippen molar-refractivity contribution in [3.05, 3.63) is 12.2 Å². The first kappa shape index (κ1) is 11.2. The molecule has 0 saturated carbocycles. The molecule has 0 aromatic rings. The third kappa shape index (κ3) is 2.84. The number of likely N-dealkylation sites (tertiary alicyclic amines) is 1. The fourth-order valence-corrected chi connectivity index (χ4v) is 1.79. The monoisotopic (exact) mass is 196 g/mol. The van der Waals surface area contributed by atoms with Crippen LogP contribution in [0.1, 0.15) is 26.7 Å². The number of nitrogens with one attached hydrogen (secondary N) is 1. The van der Waals surface area contributed by atoms with Crippen molar-refractivity contribution in [2.75, 3.05) is 19.6 Å². The molecular weight excluding hydrogens is 176 g/mol. The van der Waals surface area contributed by atoms with Crippen LogP contribution in [0.3, 0.4) is 0 Å². The molecule has 3 heteroatoms.